The number of hydrogen-bond acceptors (Lipinski definition) is 5. The van der Waals surface area contributed by atoms with Crippen molar-refractivity contribution in [2.24, 2.45) is 0 Å². The molecular weight excluding hydrogens is 378 g/mol. The molecule has 8 nitrogen and oxygen atoms in total. The Kier molecular flexibility index (Phi) is 4.74. The van der Waals surface area contributed by atoms with Gasteiger partial charge in [0.25, 0.3) is 5.91 Å². The molecule has 0 bridgehead atoms. The van der Waals surface area contributed by atoms with Crippen LogP contribution in [0.25, 0.3) is 17.0 Å². The van der Waals surface area contributed by atoms with Crippen LogP contribution < -0.4 is 5.32 Å². The van der Waals surface area contributed by atoms with Crippen LogP contribution in [0.4, 0.5) is 5.69 Å². The summed E-state index contributed by atoms with van der Waals surface area (Å²) >= 11 is 0. The molecule has 0 unspecified atom stereocenters. The standard InChI is InChI=1S/C22H23N7O/c1-15-8-9-18(24-12-15)20-19(14-29(27-20)16-6-3-2-4-7-16)26-22(30)17-13-25-28-11-5-10-23-21(17)28/h5,8-14,16H,2-4,6-7H2,1H3,(H,26,30). The quantitative estimate of drug-likeness (QED) is 0.557. The summed E-state index contributed by atoms with van der Waals surface area (Å²) in [7, 11) is 0. The molecule has 0 atom stereocenters. The lowest BCUT2D eigenvalue weighted by Gasteiger charge is -2.21. The Hall–Kier alpha value is -3.55. The van der Waals surface area contributed by atoms with Crippen LogP contribution in [0.3, 0.4) is 0 Å². The summed E-state index contributed by atoms with van der Waals surface area (Å²) in [6.07, 6.45) is 14.6. The first-order chi connectivity index (χ1) is 14.7. The lowest BCUT2D eigenvalue weighted by Crippen LogP contribution is -2.13. The lowest BCUT2D eigenvalue weighted by atomic mass is 9.96. The van der Waals surface area contributed by atoms with Crippen molar-refractivity contribution in [3.8, 4) is 11.4 Å². The molecule has 4 aromatic rings. The molecule has 0 saturated heterocycles. The van der Waals surface area contributed by atoms with E-state index in [9.17, 15) is 4.79 Å². The van der Waals surface area contributed by atoms with Gasteiger partial charge >= 0.3 is 0 Å². The number of anilines is 1. The van der Waals surface area contributed by atoms with E-state index in [2.05, 4.69) is 20.4 Å². The SMILES string of the molecule is Cc1ccc(-c2nn(C3CCCCC3)cc2NC(=O)c2cnn3cccnc23)nc1. The van der Waals surface area contributed by atoms with Gasteiger partial charge in [-0.1, -0.05) is 25.3 Å². The number of pyridine rings is 1. The summed E-state index contributed by atoms with van der Waals surface area (Å²) in [6, 6.07) is 6.07. The number of nitrogens with one attached hydrogen (secondary N) is 1. The third-order valence-corrected chi connectivity index (χ3v) is 5.61. The van der Waals surface area contributed by atoms with Gasteiger partial charge in [0.05, 0.1) is 23.6 Å². The van der Waals surface area contributed by atoms with Gasteiger partial charge in [-0.25, -0.2) is 9.50 Å². The highest BCUT2D eigenvalue weighted by molar-refractivity contribution is 6.09. The van der Waals surface area contributed by atoms with Crippen molar-refractivity contribution in [3.63, 3.8) is 0 Å². The fraction of sp³-hybridized carbons (Fsp3) is 0.318. The average molecular weight is 401 g/mol. The molecule has 0 aromatic carbocycles. The second-order valence-corrected chi connectivity index (χ2v) is 7.78. The summed E-state index contributed by atoms with van der Waals surface area (Å²) < 4.78 is 3.59. The lowest BCUT2D eigenvalue weighted by molar-refractivity contribution is 0.102. The number of carbonyl (C=O) groups excluding carboxylic acids is 1. The molecule has 0 spiro atoms. The zero-order valence-electron chi connectivity index (χ0n) is 16.8. The third-order valence-electron chi connectivity index (χ3n) is 5.61. The number of rotatable bonds is 4. The molecule has 0 radical (unpaired) electrons. The fourth-order valence-corrected chi connectivity index (χ4v) is 3.99. The highest BCUT2D eigenvalue weighted by atomic mass is 16.1. The van der Waals surface area contributed by atoms with Gasteiger partial charge in [-0.15, -0.1) is 0 Å². The van der Waals surface area contributed by atoms with Gasteiger partial charge in [-0.05, 0) is 37.5 Å². The highest BCUT2D eigenvalue weighted by Crippen LogP contribution is 2.32. The van der Waals surface area contributed by atoms with E-state index >= 15 is 0 Å². The maximum absolute atomic E-state index is 13.1. The van der Waals surface area contributed by atoms with Gasteiger partial charge < -0.3 is 5.32 Å². The summed E-state index contributed by atoms with van der Waals surface area (Å²) in [6.45, 7) is 2.00. The third kappa shape index (κ3) is 3.45. The number of aromatic nitrogens is 6. The zero-order valence-corrected chi connectivity index (χ0v) is 16.8. The van der Waals surface area contributed by atoms with Crippen molar-refractivity contribution in [1.29, 1.82) is 0 Å². The first kappa shape index (κ1) is 18.5. The van der Waals surface area contributed by atoms with Crippen LogP contribution in [0.15, 0.2) is 49.2 Å². The van der Waals surface area contributed by atoms with E-state index in [0.717, 1.165) is 24.1 Å². The smallest absolute Gasteiger partial charge is 0.261 e. The minimum absolute atomic E-state index is 0.264. The van der Waals surface area contributed by atoms with Gasteiger partial charge in [0, 0.05) is 24.8 Å². The summed E-state index contributed by atoms with van der Waals surface area (Å²) in [5.41, 5.74) is 4.08. The number of nitrogens with zero attached hydrogens (tertiary/aromatic N) is 6. The molecule has 1 amide bonds. The summed E-state index contributed by atoms with van der Waals surface area (Å²) in [4.78, 5) is 21.9. The largest absolute Gasteiger partial charge is 0.319 e. The predicted molar refractivity (Wildman–Crippen MR) is 113 cm³/mol. The van der Waals surface area contributed by atoms with Crippen molar-refractivity contribution in [3.05, 3.63) is 60.3 Å². The number of carbonyl (C=O) groups is 1. The van der Waals surface area contributed by atoms with Crippen LogP contribution in [-0.2, 0) is 0 Å². The fourth-order valence-electron chi connectivity index (χ4n) is 3.99. The molecule has 0 aliphatic heterocycles. The number of fused-ring (bicyclic) bond motifs is 1. The van der Waals surface area contributed by atoms with E-state index in [1.165, 1.54) is 25.5 Å². The molecule has 1 saturated carbocycles. The Bertz CT molecular complexity index is 1190. The Labute approximate surface area is 174 Å². The number of aryl methyl sites for hydroxylation is 1. The second kappa shape index (κ2) is 7.70. The number of amides is 1. The van der Waals surface area contributed by atoms with Crippen molar-refractivity contribution < 1.29 is 4.79 Å². The van der Waals surface area contributed by atoms with Gasteiger partial charge in [0.1, 0.15) is 11.3 Å². The molecule has 1 aliphatic carbocycles. The minimum Gasteiger partial charge on any atom is -0.319 e. The molecule has 1 N–H and O–H groups in total. The van der Waals surface area contributed by atoms with Gasteiger partial charge in [0.2, 0.25) is 0 Å². The Morgan fingerprint density at radius 2 is 2.00 bits per heavy atom. The zero-order chi connectivity index (χ0) is 20.5. The van der Waals surface area contributed by atoms with Crippen LogP contribution in [0.1, 0.15) is 54.1 Å². The Morgan fingerprint density at radius 3 is 2.80 bits per heavy atom. The van der Waals surface area contributed by atoms with Crippen LogP contribution in [0.5, 0.6) is 0 Å². The second-order valence-electron chi connectivity index (χ2n) is 7.78. The maximum atomic E-state index is 13.1. The van der Waals surface area contributed by atoms with Crippen molar-refractivity contribution in [2.45, 2.75) is 45.1 Å². The molecule has 1 aliphatic rings. The van der Waals surface area contributed by atoms with Crippen LogP contribution in [-0.4, -0.2) is 35.3 Å². The molecule has 5 rings (SSSR count). The predicted octanol–water partition coefficient (Wildman–Crippen LogP) is 4.05. The van der Waals surface area contributed by atoms with E-state index in [-0.39, 0.29) is 5.91 Å². The van der Waals surface area contributed by atoms with Crippen LogP contribution >= 0.6 is 0 Å². The Morgan fingerprint density at radius 1 is 1.13 bits per heavy atom. The number of hydrogen-bond donors (Lipinski definition) is 1. The van der Waals surface area contributed by atoms with Gasteiger partial charge in [-0.2, -0.15) is 10.2 Å². The van der Waals surface area contributed by atoms with E-state index in [1.807, 2.05) is 36.1 Å². The molecule has 4 aromatic heterocycles. The van der Waals surface area contributed by atoms with Crippen LogP contribution in [0, 0.1) is 6.92 Å². The minimum atomic E-state index is -0.264. The van der Waals surface area contributed by atoms with E-state index in [1.54, 1.807) is 23.0 Å². The van der Waals surface area contributed by atoms with E-state index in [0.29, 0.717) is 28.6 Å². The van der Waals surface area contributed by atoms with Gasteiger partial charge in [0.15, 0.2) is 5.65 Å². The first-order valence-electron chi connectivity index (χ1n) is 10.3. The van der Waals surface area contributed by atoms with Crippen molar-refractivity contribution in [2.75, 3.05) is 5.32 Å². The van der Waals surface area contributed by atoms with E-state index in [4.69, 9.17) is 5.10 Å². The average Bonchev–Trinajstić information content (AvgIpc) is 3.39. The summed E-state index contributed by atoms with van der Waals surface area (Å²) in [5.74, 6) is -0.264. The molecule has 8 heteroatoms. The first-order valence-corrected chi connectivity index (χ1v) is 10.3. The Balaban J connectivity index is 1.51. The molecule has 30 heavy (non-hydrogen) atoms. The maximum Gasteiger partial charge on any atom is 0.261 e. The molecule has 4 heterocycles. The topological polar surface area (TPSA) is 90.0 Å². The van der Waals surface area contributed by atoms with Crippen molar-refractivity contribution in [1.82, 2.24) is 29.4 Å². The van der Waals surface area contributed by atoms with Crippen molar-refractivity contribution >= 4 is 17.2 Å². The van der Waals surface area contributed by atoms with Gasteiger partial charge in [-0.3, -0.25) is 14.5 Å². The summed E-state index contributed by atoms with van der Waals surface area (Å²) in [5, 5.41) is 12.1. The molecule has 152 valence electrons. The van der Waals surface area contributed by atoms with Crippen LogP contribution in [0.2, 0.25) is 0 Å². The van der Waals surface area contributed by atoms with E-state index < -0.39 is 0 Å². The normalized spacial score (nSPS) is 14.8. The monoisotopic (exact) mass is 401 g/mol. The molecular formula is C22H23N7O. The highest BCUT2D eigenvalue weighted by Gasteiger charge is 2.22. The molecule has 1 fully saturated rings.